The third-order valence-electron chi connectivity index (χ3n) is 3.32. The average molecular weight is 305 g/mol. The summed E-state index contributed by atoms with van der Waals surface area (Å²) in [6, 6.07) is 4.10. The number of aromatic nitrogens is 4. The number of imidazole rings is 1. The predicted molar refractivity (Wildman–Crippen MR) is 83.0 cm³/mol. The molecule has 0 bridgehead atoms. The number of aromatic amines is 1. The van der Waals surface area contributed by atoms with Gasteiger partial charge in [0.05, 0.1) is 6.54 Å². The summed E-state index contributed by atoms with van der Waals surface area (Å²) in [5.41, 5.74) is -0.0857. The minimum Gasteiger partial charge on any atom is -0.351 e. The zero-order chi connectivity index (χ0) is 15.1. The van der Waals surface area contributed by atoms with Crippen molar-refractivity contribution >= 4 is 28.4 Å². The highest BCUT2D eigenvalue weighted by atomic mass is 32.1. The highest BCUT2D eigenvalue weighted by molar-refractivity contribution is 7.11. The Bertz CT molecular complexity index is 930. The summed E-state index contributed by atoms with van der Waals surface area (Å²) in [6.07, 6.45) is 0. The number of anilines is 1. The van der Waals surface area contributed by atoms with E-state index in [-0.39, 0.29) is 11.2 Å². The topological polar surface area (TPSA) is 84.7 Å². The molecular weight excluding hydrogens is 290 g/mol. The van der Waals surface area contributed by atoms with E-state index in [0.29, 0.717) is 23.7 Å². The van der Waals surface area contributed by atoms with Gasteiger partial charge in [-0.05, 0) is 19.1 Å². The van der Waals surface area contributed by atoms with Gasteiger partial charge in [0, 0.05) is 23.8 Å². The van der Waals surface area contributed by atoms with Crippen molar-refractivity contribution in [3.05, 3.63) is 42.7 Å². The molecule has 3 heterocycles. The number of fused-ring (bicyclic) bond motifs is 1. The molecule has 3 rings (SSSR count). The Morgan fingerprint density at radius 2 is 2.05 bits per heavy atom. The van der Waals surface area contributed by atoms with Gasteiger partial charge in [0.25, 0.3) is 5.56 Å². The second-order valence-electron chi connectivity index (χ2n) is 4.86. The SMILES string of the molecule is Cc1ccc(CNc2nc3c([nH]2)c(=O)n(C)c(=O)n3C)s1. The van der Waals surface area contributed by atoms with Crippen molar-refractivity contribution in [3.8, 4) is 0 Å². The second kappa shape index (κ2) is 4.88. The van der Waals surface area contributed by atoms with E-state index in [2.05, 4.69) is 28.3 Å². The first-order chi connectivity index (χ1) is 9.97. The minimum atomic E-state index is -0.389. The van der Waals surface area contributed by atoms with Crippen molar-refractivity contribution in [3.63, 3.8) is 0 Å². The van der Waals surface area contributed by atoms with Crippen LogP contribution in [0.5, 0.6) is 0 Å². The maximum Gasteiger partial charge on any atom is 0.332 e. The number of rotatable bonds is 3. The van der Waals surface area contributed by atoms with Crippen molar-refractivity contribution in [1.29, 1.82) is 0 Å². The molecule has 7 nitrogen and oxygen atoms in total. The van der Waals surface area contributed by atoms with E-state index >= 15 is 0 Å². The van der Waals surface area contributed by atoms with Crippen LogP contribution < -0.4 is 16.6 Å². The van der Waals surface area contributed by atoms with E-state index in [4.69, 9.17) is 0 Å². The third kappa shape index (κ3) is 2.27. The standard InChI is InChI=1S/C13H15N5O2S/c1-7-4-5-8(21-7)6-14-12-15-9-10(16-12)17(2)13(20)18(3)11(9)19/h4-5H,6H2,1-3H3,(H2,14,15,16). The normalized spacial score (nSPS) is 11.2. The molecule has 0 atom stereocenters. The van der Waals surface area contributed by atoms with Crippen LogP contribution in [-0.2, 0) is 20.6 Å². The molecule has 3 aromatic rings. The fraction of sp³-hybridized carbons (Fsp3) is 0.308. The molecular formula is C13H15N5O2S. The van der Waals surface area contributed by atoms with Gasteiger partial charge in [-0.1, -0.05) is 0 Å². The van der Waals surface area contributed by atoms with Crippen molar-refractivity contribution in [1.82, 2.24) is 19.1 Å². The first-order valence-corrected chi connectivity index (χ1v) is 7.24. The smallest absolute Gasteiger partial charge is 0.332 e. The Morgan fingerprint density at radius 1 is 1.29 bits per heavy atom. The van der Waals surface area contributed by atoms with E-state index in [0.717, 1.165) is 4.57 Å². The third-order valence-corrected chi connectivity index (χ3v) is 4.32. The molecule has 0 aliphatic rings. The van der Waals surface area contributed by atoms with Crippen molar-refractivity contribution in [2.24, 2.45) is 14.1 Å². The number of aryl methyl sites for hydroxylation is 2. The highest BCUT2D eigenvalue weighted by Crippen LogP contribution is 2.16. The molecule has 0 amide bonds. The van der Waals surface area contributed by atoms with Gasteiger partial charge in [0.2, 0.25) is 5.95 Å². The highest BCUT2D eigenvalue weighted by Gasteiger charge is 2.13. The van der Waals surface area contributed by atoms with Gasteiger partial charge < -0.3 is 10.3 Å². The Morgan fingerprint density at radius 3 is 2.71 bits per heavy atom. The number of nitrogens with zero attached hydrogens (tertiary/aromatic N) is 3. The number of hydrogen-bond donors (Lipinski definition) is 2. The molecule has 0 aliphatic heterocycles. The van der Waals surface area contributed by atoms with Crippen LogP contribution >= 0.6 is 11.3 Å². The van der Waals surface area contributed by atoms with E-state index < -0.39 is 0 Å². The van der Waals surface area contributed by atoms with Crippen LogP contribution in [0.1, 0.15) is 9.75 Å². The first kappa shape index (κ1) is 13.6. The van der Waals surface area contributed by atoms with Gasteiger partial charge in [0.1, 0.15) is 0 Å². The van der Waals surface area contributed by atoms with Gasteiger partial charge in [-0.15, -0.1) is 11.3 Å². The van der Waals surface area contributed by atoms with E-state index in [1.807, 2.05) is 6.07 Å². The molecule has 3 aromatic heterocycles. The monoisotopic (exact) mass is 305 g/mol. The van der Waals surface area contributed by atoms with Crippen LogP contribution in [0.15, 0.2) is 21.7 Å². The maximum absolute atomic E-state index is 12.0. The zero-order valence-corrected chi connectivity index (χ0v) is 12.7. The first-order valence-electron chi connectivity index (χ1n) is 6.42. The van der Waals surface area contributed by atoms with Crippen LogP contribution in [0.2, 0.25) is 0 Å². The summed E-state index contributed by atoms with van der Waals surface area (Å²) in [7, 11) is 3.05. The Kier molecular flexibility index (Phi) is 3.17. The second-order valence-corrected chi connectivity index (χ2v) is 6.23. The summed E-state index contributed by atoms with van der Waals surface area (Å²) in [4.78, 5) is 33.5. The lowest BCUT2D eigenvalue weighted by Crippen LogP contribution is -2.36. The molecule has 0 unspecified atom stereocenters. The summed E-state index contributed by atoms with van der Waals surface area (Å²) >= 11 is 1.70. The lowest BCUT2D eigenvalue weighted by atomic mass is 10.4. The molecule has 21 heavy (non-hydrogen) atoms. The van der Waals surface area contributed by atoms with Crippen molar-refractivity contribution in [2.45, 2.75) is 13.5 Å². The van der Waals surface area contributed by atoms with Crippen LogP contribution in [0.25, 0.3) is 11.2 Å². The molecule has 0 spiro atoms. The average Bonchev–Trinajstić information content (AvgIpc) is 3.07. The predicted octanol–water partition coefficient (Wildman–Crippen LogP) is 0.942. The lowest BCUT2D eigenvalue weighted by molar-refractivity contribution is 0.709. The van der Waals surface area contributed by atoms with Crippen LogP contribution in [-0.4, -0.2) is 19.1 Å². The Labute approximate surface area is 123 Å². The number of thiophene rings is 1. The van der Waals surface area contributed by atoms with E-state index in [1.165, 1.54) is 21.4 Å². The number of H-pyrrole nitrogens is 1. The molecule has 110 valence electrons. The van der Waals surface area contributed by atoms with E-state index in [1.54, 1.807) is 18.4 Å². The van der Waals surface area contributed by atoms with Crippen LogP contribution in [0.3, 0.4) is 0 Å². The molecule has 0 aliphatic carbocycles. The summed E-state index contributed by atoms with van der Waals surface area (Å²) < 4.78 is 2.42. The lowest BCUT2D eigenvalue weighted by Gasteiger charge is -2.00. The molecule has 8 heteroatoms. The fourth-order valence-electron chi connectivity index (χ4n) is 2.16. The van der Waals surface area contributed by atoms with Crippen molar-refractivity contribution in [2.75, 3.05) is 5.32 Å². The molecule has 0 fully saturated rings. The molecule has 0 saturated heterocycles. The van der Waals surface area contributed by atoms with Crippen LogP contribution in [0, 0.1) is 6.92 Å². The van der Waals surface area contributed by atoms with Gasteiger partial charge in [-0.3, -0.25) is 13.9 Å². The maximum atomic E-state index is 12.0. The molecule has 0 radical (unpaired) electrons. The van der Waals surface area contributed by atoms with Gasteiger partial charge in [0.15, 0.2) is 11.2 Å². The zero-order valence-electron chi connectivity index (χ0n) is 11.9. The quantitative estimate of drug-likeness (QED) is 0.754. The minimum absolute atomic E-state index is 0.324. The number of hydrogen-bond acceptors (Lipinski definition) is 5. The Hall–Kier alpha value is -2.35. The summed E-state index contributed by atoms with van der Waals surface area (Å²) in [5.74, 6) is 0.481. The van der Waals surface area contributed by atoms with Gasteiger partial charge in [-0.2, -0.15) is 4.98 Å². The molecule has 0 aromatic carbocycles. The number of nitrogens with one attached hydrogen (secondary N) is 2. The van der Waals surface area contributed by atoms with E-state index in [9.17, 15) is 9.59 Å². The van der Waals surface area contributed by atoms with Gasteiger partial charge >= 0.3 is 5.69 Å². The largest absolute Gasteiger partial charge is 0.351 e. The molecule has 0 saturated carbocycles. The molecule has 2 N–H and O–H groups in total. The van der Waals surface area contributed by atoms with Crippen molar-refractivity contribution < 1.29 is 0 Å². The fourth-order valence-corrected chi connectivity index (χ4v) is 2.99. The summed E-state index contributed by atoms with van der Waals surface area (Å²) in [5, 5.41) is 3.14. The van der Waals surface area contributed by atoms with Gasteiger partial charge in [-0.25, -0.2) is 4.79 Å². The Balaban J connectivity index is 1.98. The summed E-state index contributed by atoms with van der Waals surface area (Å²) in [6.45, 7) is 2.67. The van der Waals surface area contributed by atoms with Crippen LogP contribution in [0.4, 0.5) is 5.95 Å².